The van der Waals surface area contributed by atoms with Crippen molar-refractivity contribution < 1.29 is 9.53 Å². The molecule has 0 atom stereocenters. The van der Waals surface area contributed by atoms with Crippen LogP contribution in [0.15, 0.2) is 24.3 Å². The van der Waals surface area contributed by atoms with Crippen LogP contribution in [0.2, 0.25) is 0 Å². The lowest BCUT2D eigenvalue weighted by atomic mass is 9.83. The molecule has 0 radical (unpaired) electrons. The Morgan fingerprint density at radius 3 is 2.67 bits per heavy atom. The van der Waals surface area contributed by atoms with Gasteiger partial charge < -0.3 is 10.1 Å². The molecule has 1 amide bonds. The fraction of sp³-hybridized carbons (Fsp3) is 0.529. The Balaban J connectivity index is 1.53. The zero-order chi connectivity index (χ0) is 14.9. The van der Waals surface area contributed by atoms with Gasteiger partial charge in [0.2, 0.25) is 5.91 Å². The minimum Gasteiger partial charge on any atom is -0.381 e. The fourth-order valence-corrected chi connectivity index (χ4v) is 2.32. The molecular weight excluding hydrogens is 264 g/mol. The van der Waals surface area contributed by atoms with Crippen molar-refractivity contribution in [1.29, 1.82) is 5.26 Å². The predicted octanol–water partition coefficient (Wildman–Crippen LogP) is 3.48. The molecule has 1 aliphatic carbocycles. The molecule has 1 fully saturated rings. The number of hydrogen-bond acceptors (Lipinski definition) is 3. The highest BCUT2D eigenvalue weighted by molar-refractivity contribution is 5.90. The van der Waals surface area contributed by atoms with Gasteiger partial charge in [-0.2, -0.15) is 5.26 Å². The second-order valence-corrected chi connectivity index (χ2v) is 5.54. The number of nitriles is 1. The van der Waals surface area contributed by atoms with Gasteiger partial charge in [-0.05, 0) is 43.0 Å². The first-order valence-corrected chi connectivity index (χ1v) is 7.65. The molecule has 0 spiro atoms. The number of nitrogens with zero attached hydrogens (tertiary/aromatic N) is 1. The van der Waals surface area contributed by atoms with Gasteiger partial charge in [0.15, 0.2) is 0 Å². The first-order chi connectivity index (χ1) is 10.3. The van der Waals surface area contributed by atoms with Crippen molar-refractivity contribution in [2.24, 2.45) is 5.92 Å². The van der Waals surface area contributed by atoms with Crippen molar-refractivity contribution in [3.63, 3.8) is 0 Å². The molecule has 4 nitrogen and oxygen atoms in total. The molecule has 1 saturated carbocycles. The van der Waals surface area contributed by atoms with Crippen LogP contribution in [-0.2, 0) is 9.53 Å². The SMILES string of the molecule is N#Cc1ccc(NC(=O)CCCOCCC2CCC2)cc1. The van der Waals surface area contributed by atoms with E-state index in [9.17, 15) is 4.79 Å². The van der Waals surface area contributed by atoms with Crippen LogP contribution in [0.5, 0.6) is 0 Å². The molecule has 1 aromatic carbocycles. The molecule has 4 heteroatoms. The molecule has 0 aliphatic heterocycles. The van der Waals surface area contributed by atoms with Crippen molar-refractivity contribution >= 4 is 11.6 Å². The lowest BCUT2D eigenvalue weighted by Gasteiger charge is -2.24. The minimum absolute atomic E-state index is 0.0118. The van der Waals surface area contributed by atoms with Crippen LogP contribution in [0, 0.1) is 17.2 Å². The van der Waals surface area contributed by atoms with E-state index in [-0.39, 0.29) is 5.91 Å². The first-order valence-electron chi connectivity index (χ1n) is 7.65. The van der Waals surface area contributed by atoms with Gasteiger partial charge in [-0.1, -0.05) is 19.3 Å². The summed E-state index contributed by atoms with van der Waals surface area (Å²) in [6.07, 6.45) is 6.46. The lowest BCUT2D eigenvalue weighted by molar-refractivity contribution is -0.116. The highest BCUT2D eigenvalue weighted by atomic mass is 16.5. The van der Waals surface area contributed by atoms with Crippen molar-refractivity contribution in [3.05, 3.63) is 29.8 Å². The van der Waals surface area contributed by atoms with Crippen molar-refractivity contribution in [2.45, 2.75) is 38.5 Å². The Bertz CT molecular complexity index is 487. The van der Waals surface area contributed by atoms with E-state index in [2.05, 4.69) is 5.32 Å². The highest BCUT2D eigenvalue weighted by Crippen LogP contribution is 2.29. The molecule has 1 aliphatic rings. The fourth-order valence-electron chi connectivity index (χ4n) is 2.32. The highest BCUT2D eigenvalue weighted by Gasteiger charge is 2.16. The smallest absolute Gasteiger partial charge is 0.224 e. The summed E-state index contributed by atoms with van der Waals surface area (Å²) in [5.41, 5.74) is 1.32. The molecule has 0 heterocycles. The third-order valence-electron chi connectivity index (χ3n) is 3.89. The van der Waals surface area contributed by atoms with Crippen molar-refractivity contribution in [3.8, 4) is 6.07 Å². The number of nitrogens with one attached hydrogen (secondary N) is 1. The Morgan fingerprint density at radius 2 is 2.05 bits per heavy atom. The Hall–Kier alpha value is -1.86. The molecule has 0 bridgehead atoms. The van der Waals surface area contributed by atoms with Gasteiger partial charge >= 0.3 is 0 Å². The summed E-state index contributed by atoms with van der Waals surface area (Å²) in [6.45, 7) is 1.47. The van der Waals surface area contributed by atoms with Gasteiger partial charge in [0, 0.05) is 25.3 Å². The number of amides is 1. The van der Waals surface area contributed by atoms with E-state index in [1.165, 1.54) is 19.3 Å². The summed E-state index contributed by atoms with van der Waals surface area (Å²) in [6, 6.07) is 8.92. The zero-order valence-electron chi connectivity index (χ0n) is 12.3. The van der Waals surface area contributed by atoms with Gasteiger partial charge in [0.25, 0.3) is 0 Å². The third-order valence-corrected chi connectivity index (χ3v) is 3.89. The number of benzene rings is 1. The van der Waals surface area contributed by atoms with Crippen molar-refractivity contribution in [1.82, 2.24) is 0 Å². The summed E-state index contributed by atoms with van der Waals surface area (Å²) in [4.78, 5) is 11.7. The number of carbonyl (C=O) groups excluding carboxylic acids is 1. The molecule has 2 rings (SSSR count). The largest absolute Gasteiger partial charge is 0.381 e. The maximum atomic E-state index is 11.7. The first kappa shape index (κ1) is 15.5. The Kier molecular flexibility index (Phi) is 6.23. The van der Waals surface area contributed by atoms with Crippen LogP contribution in [0.4, 0.5) is 5.69 Å². The minimum atomic E-state index is -0.0118. The normalized spacial score (nSPS) is 14.2. The van der Waals surface area contributed by atoms with E-state index in [1.807, 2.05) is 6.07 Å². The third kappa shape index (κ3) is 5.57. The van der Waals surface area contributed by atoms with Crippen LogP contribution in [0.25, 0.3) is 0 Å². The van der Waals surface area contributed by atoms with E-state index in [0.717, 1.165) is 31.1 Å². The van der Waals surface area contributed by atoms with Crippen LogP contribution < -0.4 is 5.32 Å². The monoisotopic (exact) mass is 286 g/mol. The quantitative estimate of drug-likeness (QED) is 0.744. The second kappa shape index (κ2) is 8.43. The zero-order valence-corrected chi connectivity index (χ0v) is 12.3. The van der Waals surface area contributed by atoms with E-state index in [0.29, 0.717) is 18.6 Å². The van der Waals surface area contributed by atoms with E-state index in [1.54, 1.807) is 24.3 Å². The summed E-state index contributed by atoms with van der Waals surface area (Å²) >= 11 is 0. The van der Waals surface area contributed by atoms with Crippen LogP contribution >= 0.6 is 0 Å². The predicted molar refractivity (Wildman–Crippen MR) is 81.8 cm³/mol. The molecule has 0 aromatic heterocycles. The van der Waals surface area contributed by atoms with E-state index >= 15 is 0 Å². The number of ether oxygens (including phenoxy) is 1. The standard InChI is InChI=1S/C17H22N2O2/c18-13-15-6-8-16(9-7-15)19-17(20)5-2-11-21-12-10-14-3-1-4-14/h6-9,14H,1-5,10-12H2,(H,19,20). The topological polar surface area (TPSA) is 62.1 Å². The molecule has 21 heavy (non-hydrogen) atoms. The molecular formula is C17H22N2O2. The van der Waals surface area contributed by atoms with Crippen LogP contribution in [-0.4, -0.2) is 19.1 Å². The number of carbonyl (C=O) groups is 1. The van der Waals surface area contributed by atoms with Crippen molar-refractivity contribution in [2.75, 3.05) is 18.5 Å². The maximum Gasteiger partial charge on any atom is 0.224 e. The summed E-state index contributed by atoms with van der Waals surface area (Å²) in [7, 11) is 0. The summed E-state index contributed by atoms with van der Waals surface area (Å²) in [5, 5.41) is 11.5. The molecule has 0 unspecified atom stereocenters. The Labute approximate surface area is 126 Å². The summed E-state index contributed by atoms with van der Waals surface area (Å²) < 4.78 is 5.55. The second-order valence-electron chi connectivity index (χ2n) is 5.54. The van der Waals surface area contributed by atoms with Gasteiger partial charge in [0.1, 0.15) is 0 Å². The molecule has 1 N–H and O–H groups in total. The molecule has 1 aromatic rings. The average Bonchev–Trinajstić information content (AvgIpc) is 2.45. The van der Waals surface area contributed by atoms with Gasteiger partial charge in [-0.3, -0.25) is 4.79 Å². The number of hydrogen-bond donors (Lipinski definition) is 1. The van der Waals surface area contributed by atoms with Crippen LogP contribution in [0.3, 0.4) is 0 Å². The van der Waals surface area contributed by atoms with Gasteiger partial charge in [-0.15, -0.1) is 0 Å². The molecule has 0 saturated heterocycles. The number of rotatable bonds is 8. The lowest BCUT2D eigenvalue weighted by Crippen LogP contribution is -2.15. The van der Waals surface area contributed by atoms with Gasteiger partial charge in [-0.25, -0.2) is 0 Å². The van der Waals surface area contributed by atoms with E-state index in [4.69, 9.17) is 10.00 Å². The summed E-state index contributed by atoms with van der Waals surface area (Å²) in [5.74, 6) is 0.868. The number of anilines is 1. The maximum absolute atomic E-state index is 11.7. The van der Waals surface area contributed by atoms with E-state index < -0.39 is 0 Å². The molecule has 112 valence electrons. The Morgan fingerprint density at radius 1 is 1.29 bits per heavy atom. The average molecular weight is 286 g/mol. The van der Waals surface area contributed by atoms with Crippen LogP contribution in [0.1, 0.15) is 44.1 Å². The van der Waals surface area contributed by atoms with Gasteiger partial charge in [0.05, 0.1) is 11.6 Å².